The molecular formula is C13H19FN2O2S. The molecule has 1 aliphatic rings. The van der Waals surface area contributed by atoms with E-state index >= 15 is 0 Å². The van der Waals surface area contributed by atoms with Crippen LogP contribution < -0.4 is 5.73 Å². The number of piperidine rings is 1. The summed E-state index contributed by atoms with van der Waals surface area (Å²) in [5, 5.41) is 0. The summed E-state index contributed by atoms with van der Waals surface area (Å²) in [7, 11) is -3.70. The summed E-state index contributed by atoms with van der Waals surface area (Å²) in [6, 6.07) is 3.88. The Morgan fingerprint density at radius 1 is 1.26 bits per heavy atom. The number of hydrogen-bond acceptors (Lipinski definition) is 3. The highest BCUT2D eigenvalue weighted by Gasteiger charge is 2.33. The first kappa shape index (κ1) is 14.3. The van der Waals surface area contributed by atoms with Crippen molar-refractivity contribution in [3.8, 4) is 0 Å². The van der Waals surface area contributed by atoms with Crippen molar-refractivity contribution in [1.82, 2.24) is 4.31 Å². The van der Waals surface area contributed by atoms with Gasteiger partial charge in [0.05, 0.1) is 5.69 Å². The van der Waals surface area contributed by atoms with Crippen LogP contribution in [-0.2, 0) is 10.0 Å². The van der Waals surface area contributed by atoms with E-state index in [1.807, 2.05) is 0 Å². The van der Waals surface area contributed by atoms with E-state index in [0.29, 0.717) is 13.1 Å². The molecule has 106 valence electrons. The quantitative estimate of drug-likeness (QED) is 0.848. The van der Waals surface area contributed by atoms with Gasteiger partial charge in [-0.1, -0.05) is 19.9 Å². The minimum Gasteiger partial charge on any atom is -0.395 e. The Hall–Kier alpha value is -1.14. The van der Waals surface area contributed by atoms with Crippen molar-refractivity contribution in [1.29, 1.82) is 0 Å². The van der Waals surface area contributed by atoms with E-state index in [4.69, 9.17) is 5.73 Å². The standard InChI is InChI=1S/C13H19FN2O2S/c1-13(2)6-8-16(9-7-13)19(17,18)11-5-3-4-10(14)12(11)15/h3-5H,6-9,15H2,1-2H3. The van der Waals surface area contributed by atoms with Crippen LogP contribution in [0.3, 0.4) is 0 Å². The second-order valence-electron chi connectivity index (χ2n) is 5.72. The van der Waals surface area contributed by atoms with Crippen LogP contribution in [0.5, 0.6) is 0 Å². The van der Waals surface area contributed by atoms with Crippen molar-refractivity contribution in [2.45, 2.75) is 31.6 Å². The van der Waals surface area contributed by atoms with Crippen LogP contribution >= 0.6 is 0 Å². The first-order valence-corrected chi connectivity index (χ1v) is 7.72. The number of rotatable bonds is 2. The van der Waals surface area contributed by atoms with E-state index < -0.39 is 15.8 Å². The van der Waals surface area contributed by atoms with Gasteiger partial charge in [0.25, 0.3) is 0 Å². The smallest absolute Gasteiger partial charge is 0.245 e. The molecule has 1 aromatic rings. The fourth-order valence-electron chi connectivity index (χ4n) is 2.21. The first-order valence-electron chi connectivity index (χ1n) is 6.28. The number of nitrogens with zero attached hydrogens (tertiary/aromatic N) is 1. The predicted octanol–water partition coefficient (Wildman–Crippen LogP) is 2.22. The molecule has 6 heteroatoms. The third-order valence-corrected chi connectivity index (χ3v) is 5.66. The monoisotopic (exact) mass is 286 g/mol. The third-order valence-electron chi connectivity index (χ3n) is 3.71. The molecule has 0 aromatic heterocycles. The van der Waals surface area contributed by atoms with E-state index in [-0.39, 0.29) is 16.0 Å². The Morgan fingerprint density at radius 2 is 1.84 bits per heavy atom. The van der Waals surface area contributed by atoms with E-state index in [2.05, 4.69) is 13.8 Å². The van der Waals surface area contributed by atoms with Crippen LogP contribution in [-0.4, -0.2) is 25.8 Å². The molecule has 0 aliphatic carbocycles. The average molecular weight is 286 g/mol. The lowest BCUT2D eigenvalue weighted by Gasteiger charge is -2.36. The minimum absolute atomic E-state index is 0.132. The van der Waals surface area contributed by atoms with Gasteiger partial charge in [-0.25, -0.2) is 12.8 Å². The van der Waals surface area contributed by atoms with Gasteiger partial charge in [-0.05, 0) is 30.4 Å². The zero-order valence-electron chi connectivity index (χ0n) is 11.2. The van der Waals surface area contributed by atoms with Crippen LogP contribution in [0.25, 0.3) is 0 Å². The van der Waals surface area contributed by atoms with Gasteiger partial charge in [0, 0.05) is 13.1 Å². The number of nitrogens with two attached hydrogens (primary N) is 1. The lowest BCUT2D eigenvalue weighted by molar-refractivity contribution is 0.196. The Kier molecular flexibility index (Phi) is 3.57. The van der Waals surface area contributed by atoms with Gasteiger partial charge >= 0.3 is 0 Å². The molecule has 0 spiro atoms. The number of sulfonamides is 1. The minimum atomic E-state index is -3.70. The van der Waals surface area contributed by atoms with Gasteiger partial charge in [-0.3, -0.25) is 0 Å². The molecule has 19 heavy (non-hydrogen) atoms. The summed E-state index contributed by atoms with van der Waals surface area (Å²) >= 11 is 0. The largest absolute Gasteiger partial charge is 0.395 e. The normalized spacial score (nSPS) is 20.4. The van der Waals surface area contributed by atoms with Crippen LogP contribution in [0, 0.1) is 11.2 Å². The first-order chi connectivity index (χ1) is 8.74. The van der Waals surface area contributed by atoms with Crippen molar-refractivity contribution >= 4 is 15.7 Å². The maximum atomic E-state index is 13.4. The zero-order valence-corrected chi connectivity index (χ0v) is 12.0. The molecule has 0 bridgehead atoms. The van der Waals surface area contributed by atoms with E-state index in [9.17, 15) is 12.8 Å². The molecule has 0 unspecified atom stereocenters. The second kappa shape index (κ2) is 4.76. The molecule has 1 saturated heterocycles. The van der Waals surface area contributed by atoms with Crippen molar-refractivity contribution in [3.63, 3.8) is 0 Å². The molecule has 4 nitrogen and oxygen atoms in total. The molecule has 1 aliphatic heterocycles. The lowest BCUT2D eigenvalue weighted by Crippen LogP contribution is -2.41. The number of para-hydroxylation sites is 1. The maximum Gasteiger partial charge on any atom is 0.245 e. The summed E-state index contributed by atoms with van der Waals surface area (Å²) in [4.78, 5) is -0.132. The molecular weight excluding hydrogens is 267 g/mol. The molecule has 0 saturated carbocycles. The fourth-order valence-corrected chi connectivity index (χ4v) is 3.78. The molecule has 0 amide bonds. The van der Waals surface area contributed by atoms with Gasteiger partial charge in [0.1, 0.15) is 10.7 Å². The number of nitrogen functional groups attached to an aromatic ring is 1. The van der Waals surface area contributed by atoms with Crippen molar-refractivity contribution < 1.29 is 12.8 Å². The summed E-state index contributed by atoms with van der Waals surface area (Å²) in [6.07, 6.45) is 1.59. The van der Waals surface area contributed by atoms with Crippen LogP contribution in [0.1, 0.15) is 26.7 Å². The van der Waals surface area contributed by atoms with E-state index in [1.165, 1.54) is 16.4 Å². The number of halogens is 1. The van der Waals surface area contributed by atoms with Crippen molar-refractivity contribution in [2.24, 2.45) is 5.41 Å². The van der Waals surface area contributed by atoms with Crippen LogP contribution in [0.2, 0.25) is 0 Å². The number of benzene rings is 1. The van der Waals surface area contributed by atoms with Crippen LogP contribution in [0.15, 0.2) is 23.1 Å². The summed E-state index contributed by atoms with van der Waals surface area (Å²) in [6.45, 7) is 5.14. The molecule has 1 aromatic carbocycles. The highest BCUT2D eigenvalue weighted by atomic mass is 32.2. The average Bonchev–Trinajstić information content (AvgIpc) is 2.32. The predicted molar refractivity (Wildman–Crippen MR) is 72.6 cm³/mol. The molecule has 0 atom stereocenters. The Balaban J connectivity index is 2.31. The molecule has 2 rings (SSSR count). The SMILES string of the molecule is CC1(C)CCN(S(=O)(=O)c2cccc(F)c2N)CC1. The number of hydrogen-bond donors (Lipinski definition) is 1. The summed E-state index contributed by atoms with van der Waals surface area (Å²) in [5.74, 6) is -0.696. The highest BCUT2D eigenvalue weighted by Crippen LogP contribution is 2.33. The maximum absolute atomic E-state index is 13.4. The fraction of sp³-hybridized carbons (Fsp3) is 0.538. The Labute approximate surface area is 113 Å². The highest BCUT2D eigenvalue weighted by molar-refractivity contribution is 7.89. The molecule has 1 fully saturated rings. The Bertz CT molecular complexity index is 574. The third kappa shape index (κ3) is 2.74. The molecule has 1 heterocycles. The van der Waals surface area contributed by atoms with Crippen molar-refractivity contribution in [2.75, 3.05) is 18.8 Å². The second-order valence-corrected chi connectivity index (χ2v) is 7.63. The van der Waals surface area contributed by atoms with Crippen LogP contribution in [0.4, 0.5) is 10.1 Å². The summed E-state index contributed by atoms with van der Waals surface area (Å²) in [5.41, 5.74) is 5.40. The number of anilines is 1. The van der Waals surface area contributed by atoms with Gasteiger partial charge in [-0.2, -0.15) is 4.31 Å². The lowest BCUT2D eigenvalue weighted by atomic mass is 9.83. The van der Waals surface area contributed by atoms with Gasteiger partial charge in [0.2, 0.25) is 10.0 Å². The van der Waals surface area contributed by atoms with E-state index in [1.54, 1.807) is 0 Å². The summed E-state index contributed by atoms with van der Waals surface area (Å²) < 4.78 is 39.7. The van der Waals surface area contributed by atoms with Gasteiger partial charge in [-0.15, -0.1) is 0 Å². The molecule has 2 N–H and O–H groups in total. The van der Waals surface area contributed by atoms with E-state index in [0.717, 1.165) is 18.9 Å². The topological polar surface area (TPSA) is 63.4 Å². The zero-order chi connectivity index (χ0) is 14.3. The van der Waals surface area contributed by atoms with Gasteiger partial charge in [0.15, 0.2) is 0 Å². The Morgan fingerprint density at radius 3 is 2.42 bits per heavy atom. The van der Waals surface area contributed by atoms with Crippen molar-refractivity contribution in [3.05, 3.63) is 24.0 Å². The van der Waals surface area contributed by atoms with Gasteiger partial charge < -0.3 is 5.73 Å². The molecule has 0 radical (unpaired) electrons.